The summed E-state index contributed by atoms with van der Waals surface area (Å²) < 4.78 is 1.96. The monoisotopic (exact) mass is 484 g/mol. The van der Waals surface area contributed by atoms with E-state index in [2.05, 4.69) is 10.6 Å². The summed E-state index contributed by atoms with van der Waals surface area (Å²) in [6, 6.07) is 3.49. The minimum atomic E-state index is -0.361. The first-order valence-corrected chi connectivity index (χ1v) is 12.6. The molecule has 9 heteroatoms. The number of urea groups is 1. The summed E-state index contributed by atoms with van der Waals surface area (Å²) in [7, 11) is 3.46. The van der Waals surface area contributed by atoms with Gasteiger partial charge in [-0.05, 0) is 62.8 Å². The number of ketones is 1. The molecular formula is C24H28N4O3S2. The van der Waals surface area contributed by atoms with Crippen LogP contribution in [0, 0.1) is 6.92 Å². The third kappa shape index (κ3) is 4.60. The van der Waals surface area contributed by atoms with Crippen LogP contribution in [0.25, 0.3) is 5.00 Å². The Morgan fingerprint density at radius 1 is 1.09 bits per heavy atom. The molecule has 3 aromatic heterocycles. The van der Waals surface area contributed by atoms with Crippen LogP contribution >= 0.6 is 22.7 Å². The third-order valence-corrected chi connectivity index (χ3v) is 8.41. The third-order valence-electron chi connectivity index (χ3n) is 5.87. The Morgan fingerprint density at radius 2 is 1.79 bits per heavy atom. The molecule has 0 spiro atoms. The fourth-order valence-electron chi connectivity index (χ4n) is 4.17. The zero-order valence-corrected chi connectivity index (χ0v) is 20.9. The largest absolute Gasteiger partial charge is 0.344 e. The van der Waals surface area contributed by atoms with Crippen molar-refractivity contribution in [2.75, 3.05) is 19.4 Å². The fourth-order valence-corrected chi connectivity index (χ4v) is 6.82. The molecule has 2 N–H and O–H groups in total. The van der Waals surface area contributed by atoms with E-state index in [1.54, 1.807) is 25.9 Å². The van der Waals surface area contributed by atoms with Gasteiger partial charge in [-0.2, -0.15) is 0 Å². The number of nitrogens with zero attached hydrogens (tertiary/aromatic N) is 2. The molecule has 0 saturated heterocycles. The number of thiophene rings is 2. The molecule has 174 valence electrons. The predicted octanol–water partition coefficient (Wildman–Crippen LogP) is 5.01. The van der Waals surface area contributed by atoms with Gasteiger partial charge in [-0.1, -0.05) is 0 Å². The summed E-state index contributed by atoms with van der Waals surface area (Å²) in [6.45, 7) is 3.74. The molecule has 0 bridgehead atoms. The molecule has 0 aromatic carbocycles. The fraction of sp³-hybridized carbons (Fsp3) is 0.375. The van der Waals surface area contributed by atoms with E-state index in [1.165, 1.54) is 27.6 Å². The van der Waals surface area contributed by atoms with Gasteiger partial charge in [0.25, 0.3) is 5.91 Å². The highest BCUT2D eigenvalue weighted by molar-refractivity contribution is 7.17. The second-order valence-corrected chi connectivity index (χ2v) is 10.5. The van der Waals surface area contributed by atoms with Crippen molar-refractivity contribution in [3.05, 3.63) is 56.5 Å². The lowest BCUT2D eigenvalue weighted by Crippen LogP contribution is -2.29. The number of amides is 3. The Bertz CT molecular complexity index is 1210. The number of carbonyl (C=O) groups is 3. The van der Waals surface area contributed by atoms with E-state index in [4.69, 9.17) is 0 Å². The van der Waals surface area contributed by atoms with E-state index in [1.807, 2.05) is 36.0 Å². The number of hydrogen-bond donors (Lipinski definition) is 2. The molecule has 7 nitrogen and oxygen atoms in total. The number of aromatic nitrogens is 1. The van der Waals surface area contributed by atoms with Gasteiger partial charge in [0, 0.05) is 43.5 Å². The lowest BCUT2D eigenvalue weighted by Gasteiger charge is -2.12. The van der Waals surface area contributed by atoms with Crippen LogP contribution in [0.4, 0.5) is 9.80 Å². The number of fused-ring (bicyclic) bond motifs is 1. The van der Waals surface area contributed by atoms with Gasteiger partial charge in [0.15, 0.2) is 5.78 Å². The maximum atomic E-state index is 12.8. The Morgan fingerprint density at radius 3 is 2.45 bits per heavy atom. The number of carbonyl (C=O) groups excluding carboxylic acids is 3. The number of nitrogens with one attached hydrogen (secondary N) is 2. The number of hydrogen-bond acceptors (Lipinski definition) is 5. The summed E-state index contributed by atoms with van der Waals surface area (Å²) in [5.74, 6) is -0.0722. The molecule has 33 heavy (non-hydrogen) atoms. The van der Waals surface area contributed by atoms with Crippen molar-refractivity contribution in [2.24, 2.45) is 0 Å². The van der Waals surface area contributed by atoms with Crippen molar-refractivity contribution in [3.63, 3.8) is 0 Å². The summed E-state index contributed by atoms with van der Waals surface area (Å²) >= 11 is 2.93. The van der Waals surface area contributed by atoms with Gasteiger partial charge in [-0.25, -0.2) is 4.79 Å². The minimum Gasteiger partial charge on any atom is -0.344 e. The lowest BCUT2D eigenvalue weighted by molar-refractivity contribution is 0.0831. The number of Topliss-reactive ketones (excluding diaryl/α,β-unsaturated/α-hetero) is 1. The molecule has 4 rings (SSSR count). The van der Waals surface area contributed by atoms with Gasteiger partial charge < -0.3 is 14.8 Å². The SMILES string of the molecule is CC(=O)c1c(NC(=O)NCc2c(-n3cccc3)sc(C(=O)N(C)C)c2C)sc2c1CCCC2. The van der Waals surface area contributed by atoms with Crippen LogP contribution in [-0.4, -0.2) is 41.3 Å². The number of anilines is 1. The van der Waals surface area contributed by atoms with Gasteiger partial charge in [0.2, 0.25) is 0 Å². The first-order valence-electron chi connectivity index (χ1n) is 11.0. The van der Waals surface area contributed by atoms with Crippen LogP contribution in [0.2, 0.25) is 0 Å². The van der Waals surface area contributed by atoms with Gasteiger partial charge >= 0.3 is 6.03 Å². The van der Waals surface area contributed by atoms with E-state index >= 15 is 0 Å². The molecule has 0 aliphatic heterocycles. The average Bonchev–Trinajstić information content (AvgIpc) is 3.48. The maximum Gasteiger partial charge on any atom is 0.320 e. The van der Waals surface area contributed by atoms with Gasteiger partial charge in [-0.3, -0.25) is 14.9 Å². The molecule has 0 saturated carbocycles. The lowest BCUT2D eigenvalue weighted by atomic mass is 9.94. The van der Waals surface area contributed by atoms with Crippen molar-refractivity contribution >= 4 is 45.4 Å². The molecule has 0 atom stereocenters. The van der Waals surface area contributed by atoms with Crippen LogP contribution in [0.1, 0.15) is 61.4 Å². The molecule has 1 aliphatic carbocycles. The summed E-state index contributed by atoms with van der Waals surface area (Å²) in [6.07, 6.45) is 7.89. The molecule has 3 amide bonds. The van der Waals surface area contributed by atoms with E-state index in [9.17, 15) is 14.4 Å². The van der Waals surface area contributed by atoms with Gasteiger partial charge in [0.1, 0.15) is 10.0 Å². The highest BCUT2D eigenvalue weighted by Crippen LogP contribution is 2.38. The molecule has 3 heterocycles. The quantitative estimate of drug-likeness (QED) is 0.482. The van der Waals surface area contributed by atoms with Crippen LogP contribution in [-0.2, 0) is 19.4 Å². The Kier molecular flexibility index (Phi) is 6.71. The van der Waals surface area contributed by atoms with E-state index in [0.717, 1.165) is 47.4 Å². The topological polar surface area (TPSA) is 83.4 Å². The van der Waals surface area contributed by atoms with Crippen molar-refractivity contribution < 1.29 is 14.4 Å². The number of aryl methyl sites for hydroxylation is 1. The summed E-state index contributed by atoms with van der Waals surface area (Å²) in [4.78, 5) is 41.2. The van der Waals surface area contributed by atoms with Gasteiger partial charge in [0.05, 0.1) is 10.4 Å². The molecule has 3 aromatic rings. The second-order valence-electron chi connectivity index (χ2n) is 8.41. The second kappa shape index (κ2) is 9.52. The van der Waals surface area contributed by atoms with Crippen molar-refractivity contribution in [1.82, 2.24) is 14.8 Å². The molecule has 0 fully saturated rings. The van der Waals surface area contributed by atoms with Crippen molar-refractivity contribution in [1.29, 1.82) is 0 Å². The highest BCUT2D eigenvalue weighted by atomic mass is 32.1. The molecule has 1 aliphatic rings. The Hall–Kier alpha value is -2.91. The Balaban J connectivity index is 1.56. The molecule has 0 unspecified atom stereocenters. The summed E-state index contributed by atoms with van der Waals surface area (Å²) in [5.41, 5.74) is 3.51. The number of rotatable bonds is 6. The van der Waals surface area contributed by atoms with Crippen molar-refractivity contribution in [2.45, 2.75) is 46.1 Å². The van der Waals surface area contributed by atoms with Crippen molar-refractivity contribution in [3.8, 4) is 5.00 Å². The van der Waals surface area contributed by atoms with Crippen LogP contribution in [0.5, 0.6) is 0 Å². The van der Waals surface area contributed by atoms with Crippen LogP contribution < -0.4 is 10.6 Å². The maximum absolute atomic E-state index is 12.8. The zero-order valence-electron chi connectivity index (χ0n) is 19.3. The normalized spacial score (nSPS) is 12.8. The highest BCUT2D eigenvalue weighted by Gasteiger charge is 2.25. The van der Waals surface area contributed by atoms with E-state index in [0.29, 0.717) is 15.4 Å². The first kappa shape index (κ1) is 23.3. The van der Waals surface area contributed by atoms with Crippen LogP contribution in [0.3, 0.4) is 0 Å². The Labute approximate surface area is 201 Å². The first-order chi connectivity index (χ1) is 15.8. The molecule has 0 radical (unpaired) electrons. The molecular weight excluding hydrogens is 456 g/mol. The van der Waals surface area contributed by atoms with E-state index in [-0.39, 0.29) is 24.3 Å². The predicted molar refractivity (Wildman–Crippen MR) is 133 cm³/mol. The standard InChI is InChI=1S/C24H28N4O3S2/c1-14-17(23(28-11-7-8-12-28)33-20(14)22(30)27(3)4)13-25-24(31)26-21-19(15(2)29)16-9-5-6-10-18(16)32-21/h7-8,11-12H,5-6,9-10,13H2,1-4H3,(H2,25,26,31). The van der Waals surface area contributed by atoms with Crippen LogP contribution in [0.15, 0.2) is 24.5 Å². The van der Waals surface area contributed by atoms with E-state index < -0.39 is 0 Å². The zero-order chi connectivity index (χ0) is 23.7. The smallest absolute Gasteiger partial charge is 0.320 e. The average molecular weight is 485 g/mol. The summed E-state index contributed by atoms with van der Waals surface area (Å²) in [5, 5.41) is 7.37. The minimum absolute atomic E-state index is 0.0138. The van der Waals surface area contributed by atoms with Gasteiger partial charge in [-0.15, -0.1) is 22.7 Å².